The second-order valence-electron chi connectivity index (χ2n) is 12.5. The number of carbonyl (C=O) groups excluding carboxylic acids is 7. The monoisotopic (exact) mass is 746 g/mol. The predicted octanol–water partition coefficient (Wildman–Crippen LogP) is -6.04. The molecule has 0 saturated carbocycles. The zero-order valence-electron chi connectivity index (χ0n) is 29.2. The van der Waals surface area contributed by atoms with Crippen LogP contribution in [0.1, 0.15) is 59.8 Å². The van der Waals surface area contributed by atoms with E-state index < -0.39 is 133 Å². The van der Waals surface area contributed by atoms with Crippen LogP contribution in [0.25, 0.3) is 0 Å². The first-order valence-corrected chi connectivity index (χ1v) is 16.4. The van der Waals surface area contributed by atoms with E-state index in [1.54, 1.807) is 6.92 Å². The molecule has 1 heterocycles. The SMILES string of the molecule is CC[C@H](C)[C@H](NC(=O)[C@H](CC(N)=O)NC(=O)[C@@H](N)[C@@H](C)O)C(=O)N[C@@H](CC(=O)O)C(=O)N[C@@H](CO)C(=O)N[C@H](C(=O)N1CCC[C@H]1C(=O)O)[C@@H](C)O. The van der Waals surface area contributed by atoms with Crippen LogP contribution in [0.15, 0.2) is 0 Å². The number of amides is 7. The van der Waals surface area contributed by atoms with E-state index in [2.05, 4.69) is 26.6 Å². The van der Waals surface area contributed by atoms with E-state index in [0.717, 1.165) is 11.8 Å². The summed E-state index contributed by atoms with van der Waals surface area (Å²) >= 11 is 0. The highest BCUT2D eigenvalue weighted by molar-refractivity contribution is 5.99. The van der Waals surface area contributed by atoms with Crippen molar-refractivity contribution in [1.82, 2.24) is 31.5 Å². The molecule has 0 aromatic heterocycles. The van der Waals surface area contributed by atoms with Crippen LogP contribution >= 0.6 is 0 Å². The van der Waals surface area contributed by atoms with Crippen molar-refractivity contribution in [3.8, 4) is 0 Å². The first kappa shape index (κ1) is 45.1. The number of carboxylic acids is 2. The molecule has 14 N–H and O–H groups in total. The van der Waals surface area contributed by atoms with Gasteiger partial charge in [0, 0.05) is 6.54 Å². The second-order valence-corrected chi connectivity index (χ2v) is 12.5. The maximum atomic E-state index is 13.5. The fraction of sp³-hybridized carbons (Fsp3) is 0.700. The quantitative estimate of drug-likeness (QED) is 0.0520. The molecule has 0 unspecified atom stereocenters. The van der Waals surface area contributed by atoms with Crippen molar-refractivity contribution in [2.45, 2.75) is 114 Å². The molecule has 0 spiro atoms. The Labute approximate surface area is 298 Å². The molecule has 0 radical (unpaired) electrons. The summed E-state index contributed by atoms with van der Waals surface area (Å²) in [7, 11) is 0. The van der Waals surface area contributed by atoms with Gasteiger partial charge in [-0.25, -0.2) is 4.79 Å². The molecule has 1 fully saturated rings. The van der Waals surface area contributed by atoms with E-state index in [1.165, 1.54) is 13.8 Å². The minimum Gasteiger partial charge on any atom is -0.481 e. The zero-order valence-corrected chi connectivity index (χ0v) is 29.2. The zero-order chi connectivity index (χ0) is 40.0. The number of likely N-dealkylation sites (tertiary alicyclic amines) is 1. The number of hydrogen-bond acceptors (Lipinski definition) is 13. The summed E-state index contributed by atoms with van der Waals surface area (Å²) in [6.07, 6.45) is -3.98. The van der Waals surface area contributed by atoms with E-state index in [9.17, 15) is 68.7 Å². The molecule has 22 heteroatoms. The molecule has 1 rings (SSSR count). The van der Waals surface area contributed by atoms with Gasteiger partial charge in [-0.15, -0.1) is 0 Å². The van der Waals surface area contributed by atoms with Crippen molar-refractivity contribution < 1.29 is 68.7 Å². The fourth-order valence-corrected chi connectivity index (χ4v) is 5.07. The molecule has 0 aromatic rings. The largest absolute Gasteiger partial charge is 0.481 e. The van der Waals surface area contributed by atoms with Crippen LogP contribution < -0.4 is 38.1 Å². The van der Waals surface area contributed by atoms with Gasteiger partial charge < -0.3 is 68.5 Å². The number of nitrogens with one attached hydrogen (secondary N) is 5. The lowest BCUT2D eigenvalue weighted by molar-refractivity contribution is -0.151. The molecule has 0 bridgehead atoms. The Morgan fingerprint density at radius 1 is 0.731 bits per heavy atom. The first-order chi connectivity index (χ1) is 24.2. The van der Waals surface area contributed by atoms with E-state index >= 15 is 0 Å². The number of rotatable bonds is 21. The summed E-state index contributed by atoms with van der Waals surface area (Å²) in [5, 5.41) is 59.5. The first-order valence-electron chi connectivity index (χ1n) is 16.4. The van der Waals surface area contributed by atoms with E-state index in [1.807, 2.05) is 0 Å². The number of nitrogens with two attached hydrogens (primary N) is 2. The average molecular weight is 747 g/mol. The van der Waals surface area contributed by atoms with E-state index in [-0.39, 0.29) is 19.4 Å². The summed E-state index contributed by atoms with van der Waals surface area (Å²) in [6, 6.07) is -11.3. The molecule has 1 aliphatic heterocycles. The van der Waals surface area contributed by atoms with Crippen molar-refractivity contribution in [2.75, 3.05) is 13.2 Å². The van der Waals surface area contributed by atoms with Gasteiger partial charge in [-0.3, -0.25) is 38.4 Å². The third-order valence-electron chi connectivity index (χ3n) is 8.35. The maximum Gasteiger partial charge on any atom is 0.326 e. The lowest BCUT2D eigenvalue weighted by atomic mass is 9.97. The summed E-state index contributed by atoms with van der Waals surface area (Å²) in [4.78, 5) is 114. The van der Waals surface area contributed by atoms with Gasteiger partial charge in [0.25, 0.3) is 0 Å². The molecule has 10 atom stereocenters. The van der Waals surface area contributed by atoms with Crippen LogP contribution in [0.3, 0.4) is 0 Å². The number of aliphatic hydroxyl groups is 3. The Bertz CT molecular complexity index is 1340. The Balaban J connectivity index is 3.21. The third kappa shape index (κ3) is 13.3. The van der Waals surface area contributed by atoms with Gasteiger partial charge in [-0.1, -0.05) is 20.3 Å². The Hall–Kier alpha value is -4.93. The highest BCUT2D eigenvalue weighted by atomic mass is 16.4. The summed E-state index contributed by atoms with van der Waals surface area (Å²) < 4.78 is 0. The Kier molecular flexibility index (Phi) is 18.0. The highest BCUT2D eigenvalue weighted by Crippen LogP contribution is 2.19. The van der Waals surface area contributed by atoms with Gasteiger partial charge in [-0.05, 0) is 32.6 Å². The van der Waals surface area contributed by atoms with Crippen LogP contribution in [0, 0.1) is 5.92 Å². The lowest BCUT2D eigenvalue weighted by Gasteiger charge is -2.30. The highest BCUT2D eigenvalue weighted by Gasteiger charge is 2.41. The summed E-state index contributed by atoms with van der Waals surface area (Å²) in [6.45, 7) is 4.40. The molecular formula is C30H50N8O14. The minimum atomic E-state index is -1.92. The van der Waals surface area contributed by atoms with Crippen LogP contribution in [-0.2, 0) is 43.2 Å². The van der Waals surface area contributed by atoms with Gasteiger partial charge >= 0.3 is 11.9 Å². The standard InChI is InChI=1S/C30H50N8O14/c1-5-12(2)22(36-25(46)15(9-19(31)42)33-27(48)21(32)13(3)40)28(49)34-16(10-20(43)44)24(45)35-17(11-39)26(47)37-23(14(4)41)29(50)38-8-6-7-18(38)30(51)52/h12-18,21-23,39-41H,5-11,32H2,1-4H3,(H2,31,42)(H,33,48)(H,34,49)(H,35,45)(H,36,46)(H,37,47)(H,43,44)(H,51,52)/t12-,13+,14+,15-,16-,17-,18-,21-,22-,23-/m0/s1. The van der Waals surface area contributed by atoms with Crippen LogP contribution in [0.4, 0.5) is 0 Å². The number of carboxylic acid groups (broad SMARTS) is 2. The smallest absolute Gasteiger partial charge is 0.326 e. The van der Waals surface area contributed by atoms with Gasteiger partial charge in [0.1, 0.15) is 42.3 Å². The van der Waals surface area contributed by atoms with Gasteiger partial charge in [0.15, 0.2) is 0 Å². The maximum absolute atomic E-state index is 13.5. The average Bonchev–Trinajstić information content (AvgIpc) is 3.56. The van der Waals surface area contributed by atoms with Crippen molar-refractivity contribution in [1.29, 1.82) is 0 Å². The number of primary amides is 1. The predicted molar refractivity (Wildman–Crippen MR) is 176 cm³/mol. The van der Waals surface area contributed by atoms with Crippen molar-refractivity contribution in [2.24, 2.45) is 17.4 Å². The van der Waals surface area contributed by atoms with Crippen molar-refractivity contribution in [3.05, 3.63) is 0 Å². The molecule has 0 aromatic carbocycles. The van der Waals surface area contributed by atoms with Crippen molar-refractivity contribution >= 4 is 53.3 Å². The number of aliphatic carboxylic acids is 2. The second kappa shape index (κ2) is 20.8. The molecule has 22 nitrogen and oxygen atoms in total. The molecule has 7 amide bonds. The van der Waals surface area contributed by atoms with Gasteiger partial charge in [0.05, 0.1) is 31.7 Å². The molecule has 1 aliphatic rings. The number of hydrogen-bond donors (Lipinski definition) is 12. The minimum absolute atomic E-state index is 0.0291. The summed E-state index contributed by atoms with van der Waals surface area (Å²) in [5.74, 6) is -11.3. The molecule has 0 aliphatic carbocycles. The van der Waals surface area contributed by atoms with Crippen molar-refractivity contribution in [3.63, 3.8) is 0 Å². The van der Waals surface area contributed by atoms with Crippen LogP contribution in [0.2, 0.25) is 0 Å². The third-order valence-corrected chi connectivity index (χ3v) is 8.35. The Morgan fingerprint density at radius 2 is 1.23 bits per heavy atom. The molecule has 1 saturated heterocycles. The summed E-state index contributed by atoms with van der Waals surface area (Å²) in [5.41, 5.74) is 10.8. The van der Waals surface area contributed by atoms with Crippen LogP contribution in [0.5, 0.6) is 0 Å². The van der Waals surface area contributed by atoms with Crippen LogP contribution in [-0.4, -0.2) is 151 Å². The molecular weight excluding hydrogens is 696 g/mol. The molecule has 294 valence electrons. The topological polar surface area (TPSA) is 370 Å². The van der Waals surface area contributed by atoms with E-state index in [4.69, 9.17) is 11.5 Å². The number of carbonyl (C=O) groups is 9. The fourth-order valence-electron chi connectivity index (χ4n) is 5.07. The van der Waals surface area contributed by atoms with Gasteiger partial charge in [0.2, 0.25) is 41.4 Å². The number of nitrogens with zero attached hydrogens (tertiary/aromatic N) is 1. The van der Waals surface area contributed by atoms with E-state index in [0.29, 0.717) is 6.42 Å². The number of aliphatic hydroxyl groups excluding tert-OH is 3. The lowest BCUT2D eigenvalue weighted by Crippen LogP contribution is -2.62. The Morgan fingerprint density at radius 3 is 1.71 bits per heavy atom. The van der Waals surface area contributed by atoms with Gasteiger partial charge in [-0.2, -0.15) is 0 Å². The normalized spacial score (nSPS) is 19.2. The molecule has 52 heavy (non-hydrogen) atoms.